The molecule has 0 atom stereocenters. The Balaban J connectivity index is 0.00000441. The fourth-order valence-electron chi connectivity index (χ4n) is 4.51. The van der Waals surface area contributed by atoms with Gasteiger partial charge in [-0.1, -0.05) is 73.9 Å². The number of benzene rings is 2. The Hall–Kier alpha value is -3.65. The van der Waals surface area contributed by atoms with Crippen LogP contribution < -0.4 is 10.6 Å². The number of unbranched alkanes of at least 4 members (excludes halogenated alkanes) is 4. The average Bonchev–Trinajstić information content (AvgIpc) is 3.62. The molecule has 0 spiro atoms. The van der Waals surface area contributed by atoms with Gasteiger partial charge in [-0.25, -0.2) is 4.98 Å². The number of rotatable bonds is 17. The topological polar surface area (TPSA) is 101 Å². The lowest BCUT2D eigenvalue weighted by Gasteiger charge is -2.06. The van der Waals surface area contributed by atoms with Gasteiger partial charge < -0.3 is 15.6 Å². The molecule has 40 heavy (non-hydrogen) atoms. The van der Waals surface area contributed by atoms with Crippen molar-refractivity contribution in [1.29, 1.82) is 0 Å². The van der Waals surface area contributed by atoms with Crippen molar-refractivity contribution in [1.82, 2.24) is 30.3 Å². The number of halogens is 1. The first-order chi connectivity index (χ1) is 19.2. The molecule has 1 amide bonds. The molecule has 0 aliphatic rings. The predicted octanol–water partition coefficient (Wildman–Crippen LogP) is 6.15. The fourth-order valence-corrected chi connectivity index (χ4v) is 4.51. The Morgan fingerprint density at radius 2 is 1.68 bits per heavy atom. The molecule has 214 valence electrons. The normalized spacial score (nSPS) is 10.7. The summed E-state index contributed by atoms with van der Waals surface area (Å²) in [7, 11) is 0. The second-order valence-electron chi connectivity index (χ2n) is 10.0. The van der Waals surface area contributed by atoms with Crippen LogP contribution in [0.2, 0.25) is 0 Å². The Kier molecular flexibility index (Phi) is 13.2. The van der Waals surface area contributed by atoms with E-state index in [0.717, 1.165) is 62.4 Å². The summed E-state index contributed by atoms with van der Waals surface area (Å²) in [6.45, 7) is 4.09. The molecule has 0 aliphatic heterocycles. The van der Waals surface area contributed by atoms with Gasteiger partial charge in [0, 0.05) is 30.5 Å². The molecule has 4 rings (SSSR count). The van der Waals surface area contributed by atoms with E-state index < -0.39 is 0 Å². The number of carbonyl (C=O) groups is 1. The van der Waals surface area contributed by atoms with Crippen LogP contribution in [-0.2, 0) is 32.4 Å². The highest BCUT2D eigenvalue weighted by atomic mass is 35.5. The molecule has 2 heterocycles. The molecule has 0 aliphatic carbocycles. The van der Waals surface area contributed by atoms with E-state index in [1.54, 1.807) is 4.68 Å². The summed E-state index contributed by atoms with van der Waals surface area (Å²) < 4.78 is 1.81. The van der Waals surface area contributed by atoms with Crippen LogP contribution in [0.25, 0.3) is 0 Å². The number of anilines is 1. The summed E-state index contributed by atoms with van der Waals surface area (Å²) in [5, 5.41) is 14.8. The Morgan fingerprint density at radius 1 is 0.900 bits per heavy atom. The van der Waals surface area contributed by atoms with Gasteiger partial charge >= 0.3 is 0 Å². The zero-order chi connectivity index (χ0) is 27.1. The number of hydrogen-bond acceptors (Lipinski definition) is 5. The molecule has 4 aromatic rings. The highest BCUT2D eigenvalue weighted by molar-refractivity contribution is 5.94. The Labute approximate surface area is 243 Å². The Morgan fingerprint density at radius 3 is 2.48 bits per heavy atom. The maximum absolute atomic E-state index is 12.4. The lowest BCUT2D eigenvalue weighted by Crippen LogP contribution is -2.27. The highest BCUT2D eigenvalue weighted by Crippen LogP contribution is 2.11. The second-order valence-corrected chi connectivity index (χ2v) is 10.0. The minimum absolute atomic E-state index is 0. The smallest absolute Gasteiger partial charge is 0.251 e. The lowest BCUT2D eigenvalue weighted by molar-refractivity contribution is 0.0952. The van der Waals surface area contributed by atoms with Gasteiger partial charge in [0.1, 0.15) is 0 Å². The molecule has 8 nitrogen and oxygen atoms in total. The number of aromatic amines is 1. The SMILES string of the molecule is CCCCCc1ccc(C(=O)NCCn2cc(CCCCCc3cnc(NCc4ccccc4)[nH]3)nn2)cc1.Cl. The number of aryl methyl sites for hydroxylation is 3. The van der Waals surface area contributed by atoms with Crippen molar-refractivity contribution in [2.75, 3.05) is 11.9 Å². The van der Waals surface area contributed by atoms with Gasteiger partial charge in [0.25, 0.3) is 5.91 Å². The molecule has 0 radical (unpaired) electrons. The zero-order valence-electron chi connectivity index (χ0n) is 23.4. The molecule has 0 saturated carbocycles. The minimum Gasteiger partial charge on any atom is -0.352 e. The van der Waals surface area contributed by atoms with E-state index in [0.29, 0.717) is 18.7 Å². The quantitative estimate of drug-likeness (QED) is 0.134. The molecule has 2 aromatic carbocycles. The van der Waals surface area contributed by atoms with E-state index in [-0.39, 0.29) is 18.3 Å². The summed E-state index contributed by atoms with van der Waals surface area (Å²) in [6.07, 6.45) is 13.8. The zero-order valence-corrected chi connectivity index (χ0v) is 24.3. The largest absolute Gasteiger partial charge is 0.352 e. The maximum Gasteiger partial charge on any atom is 0.251 e. The van der Waals surface area contributed by atoms with Crippen LogP contribution in [0.4, 0.5) is 5.95 Å². The number of nitrogens with zero attached hydrogens (tertiary/aromatic N) is 4. The van der Waals surface area contributed by atoms with Crippen molar-refractivity contribution in [3.63, 3.8) is 0 Å². The van der Waals surface area contributed by atoms with Gasteiger partial charge in [-0.3, -0.25) is 9.48 Å². The number of imidazole rings is 1. The monoisotopic (exact) mass is 563 g/mol. The first kappa shape index (κ1) is 30.9. The third-order valence-corrected chi connectivity index (χ3v) is 6.81. The summed E-state index contributed by atoms with van der Waals surface area (Å²) in [5.74, 6) is 0.768. The molecule has 2 aromatic heterocycles. The molecule has 0 bridgehead atoms. The predicted molar refractivity (Wildman–Crippen MR) is 163 cm³/mol. The molecular weight excluding hydrogens is 522 g/mol. The third kappa shape index (κ3) is 10.5. The first-order valence-electron chi connectivity index (χ1n) is 14.3. The third-order valence-electron chi connectivity index (χ3n) is 6.81. The molecule has 0 fully saturated rings. The molecule has 9 heteroatoms. The fraction of sp³-hybridized carbons (Fsp3) is 0.419. The van der Waals surface area contributed by atoms with Gasteiger partial charge in [0.15, 0.2) is 0 Å². The summed E-state index contributed by atoms with van der Waals surface area (Å²) >= 11 is 0. The van der Waals surface area contributed by atoms with E-state index in [1.165, 1.54) is 30.4 Å². The molecule has 0 unspecified atom stereocenters. The molecule has 3 N–H and O–H groups in total. The summed E-state index contributed by atoms with van der Waals surface area (Å²) in [4.78, 5) is 20.2. The van der Waals surface area contributed by atoms with Crippen LogP contribution in [0.5, 0.6) is 0 Å². The number of hydrogen-bond donors (Lipinski definition) is 3. The van der Waals surface area contributed by atoms with Crippen LogP contribution >= 0.6 is 12.4 Å². The van der Waals surface area contributed by atoms with Crippen molar-refractivity contribution >= 4 is 24.3 Å². The lowest BCUT2D eigenvalue weighted by atomic mass is 10.1. The number of nitrogens with one attached hydrogen (secondary N) is 3. The minimum atomic E-state index is -0.0492. The second kappa shape index (κ2) is 17.1. The van der Waals surface area contributed by atoms with E-state index in [4.69, 9.17) is 0 Å². The number of carbonyl (C=O) groups excluding carboxylic acids is 1. The van der Waals surface area contributed by atoms with Crippen LogP contribution in [0.1, 0.15) is 78.3 Å². The van der Waals surface area contributed by atoms with Gasteiger partial charge in [0.2, 0.25) is 5.95 Å². The van der Waals surface area contributed by atoms with Gasteiger partial charge in [-0.05, 0) is 61.8 Å². The van der Waals surface area contributed by atoms with Crippen molar-refractivity contribution < 1.29 is 4.79 Å². The van der Waals surface area contributed by atoms with Crippen LogP contribution in [0.3, 0.4) is 0 Å². The molecular formula is C31H42ClN7O. The van der Waals surface area contributed by atoms with Crippen LogP contribution in [0, 0.1) is 0 Å². The van der Waals surface area contributed by atoms with Crippen molar-refractivity contribution in [3.05, 3.63) is 95.1 Å². The standard InChI is InChI=1S/C31H41N7O.ClH/c1-2-3-6-11-25-16-18-27(19-17-25)30(39)32-20-21-38-24-29(36-37-38)15-10-5-9-14-28-23-34-31(35-28)33-22-26-12-7-4-8-13-26;/h4,7-8,12-13,16-19,23-24H,2-3,5-6,9-11,14-15,20-22H2,1H3,(H,32,39)(H2,33,34,35);1H. The highest BCUT2D eigenvalue weighted by Gasteiger charge is 2.07. The van der Waals surface area contributed by atoms with Crippen molar-refractivity contribution in [3.8, 4) is 0 Å². The number of H-pyrrole nitrogens is 1. The van der Waals surface area contributed by atoms with E-state index in [9.17, 15) is 4.79 Å². The summed E-state index contributed by atoms with van der Waals surface area (Å²) in [6, 6.07) is 18.3. The van der Waals surface area contributed by atoms with Crippen LogP contribution in [-0.4, -0.2) is 37.4 Å². The van der Waals surface area contributed by atoms with Gasteiger partial charge in [0.05, 0.1) is 18.4 Å². The number of amides is 1. The van der Waals surface area contributed by atoms with E-state index in [2.05, 4.69) is 62.1 Å². The van der Waals surface area contributed by atoms with E-state index >= 15 is 0 Å². The maximum atomic E-state index is 12.4. The van der Waals surface area contributed by atoms with E-state index in [1.807, 2.05) is 42.7 Å². The first-order valence-corrected chi connectivity index (χ1v) is 14.3. The van der Waals surface area contributed by atoms with Crippen molar-refractivity contribution in [2.45, 2.75) is 77.8 Å². The summed E-state index contributed by atoms with van der Waals surface area (Å²) in [5.41, 5.74) is 5.37. The average molecular weight is 564 g/mol. The molecule has 0 saturated heterocycles. The Bertz CT molecular complexity index is 1250. The van der Waals surface area contributed by atoms with Gasteiger partial charge in [-0.15, -0.1) is 17.5 Å². The van der Waals surface area contributed by atoms with Gasteiger partial charge in [-0.2, -0.15) is 0 Å². The number of aromatic nitrogens is 5. The van der Waals surface area contributed by atoms with Crippen molar-refractivity contribution in [2.24, 2.45) is 0 Å². The van der Waals surface area contributed by atoms with Crippen LogP contribution in [0.15, 0.2) is 67.0 Å².